The molecule has 6 heteroatoms. The number of aromatic nitrogens is 1. The first-order valence-corrected chi connectivity index (χ1v) is 10.3. The molecule has 3 heterocycles. The molecule has 1 aromatic carbocycles. The molecule has 150 valence electrons. The fourth-order valence-electron chi connectivity index (χ4n) is 4.31. The van der Waals surface area contributed by atoms with Gasteiger partial charge in [-0.15, -0.1) is 0 Å². The number of pyridine rings is 1. The molecule has 2 aliphatic rings. The molecule has 0 aliphatic carbocycles. The zero-order valence-electron chi connectivity index (χ0n) is 16.8. The molecule has 0 saturated carbocycles. The summed E-state index contributed by atoms with van der Waals surface area (Å²) in [5.74, 6) is 0.317. The Morgan fingerprint density at radius 3 is 2.39 bits per heavy atom. The number of hydrogen-bond acceptors (Lipinski definition) is 5. The van der Waals surface area contributed by atoms with Crippen LogP contribution >= 0.6 is 0 Å². The van der Waals surface area contributed by atoms with E-state index in [0.29, 0.717) is 17.6 Å². The van der Waals surface area contributed by atoms with Crippen molar-refractivity contribution in [3.8, 4) is 0 Å². The number of nitrogens with two attached hydrogens (primary N) is 1. The van der Waals surface area contributed by atoms with E-state index in [1.54, 1.807) is 0 Å². The Morgan fingerprint density at radius 2 is 1.71 bits per heavy atom. The number of rotatable bonds is 4. The minimum Gasteiger partial charge on any atom is -0.381 e. The molecule has 6 nitrogen and oxygen atoms in total. The van der Waals surface area contributed by atoms with Gasteiger partial charge in [0.15, 0.2) is 0 Å². The first-order valence-electron chi connectivity index (χ1n) is 10.3. The molecule has 2 saturated heterocycles. The summed E-state index contributed by atoms with van der Waals surface area (Å²) >= 11 is 0. The van der Waals surface area contributed by atoms with Crippen molar-refractivity contribution in [3.63, 3.8) is 0 Å². The summed E-state index contributed by atoms with van der Waals surface area (Å²) in [6.45, 7) is 7.64. The maximum atomic E-state index is 12.1. The Morgan fingerprint density at radius 1 is 1.07 bits per heavy atom. The van der Waals surface area contributed by atoms with Crippen LogP contribution in [0, 0.1) is 13.8 Å². The Hall–Kier alpha value is -2.18. The summed E-state index contributed by atoms with van der Waals surface area (Å²) in [5, 5.41) is 4.76. The average Bonchev–Trinajstić information content (AvgIpc) is 2.69. The predicted molar refractivity (Wildman–Crippen MR) is 112 cm³/mol. The summed E-state index contributed by atoms with van der Waals surface area (Å²) in [6.07, 6.45) is 4.28. The summed E-state index contributed by atoms with van der Waals surface area (Å²) in [7, 11) is 0. The predicted octanol–water partition coefficient (Wildman–Crippen LogP) is 2.69. The van der Waals surface area contributed by atoms with Crippen molar-refractivity contribution in [1.82, 2.24) is 10.3 Å². The number of hydrogen-bond donors (Lipinski definition) is 2. The van der Waals surface area contributed by atoms with Gasteiger partial charge in [0.1, 0.15) is 5.82 Å². The van der Waals surface area contributed by atoms with Crippen molar-refractivity contribution in [2.45, 2.75) is 51.6 Å². The fourth-order valence-corrected chi connectivity index (χ4v) is 4.31. The highest BCUT2D eigenvalue weighted by molar-refractivity contribution is 6.01. The quantitative estimate of drug-likeness (QED) is 0.850. The van der Waals surface area contributed by atoms with E-state index >= 15 is 0 Å². The van der Waals surface area contributed by atoms with Gasteiger partial charge in [-0.3, -0.25) is 4.79 Å². The standard InChI is InChI=1S/C22H30N4O2/c1-14-11-16-13-19(21(23)27)22(25-20(16)12-15(14)2)26-7-3-17(4-8-26)24-18-5-9-28-10-6-18/h11-13,17-18,24H,3-10H2,1-2H3,(H2,23,27). The van der Waals surface area contributed by atoms with E-state index in [9.17, 15) is 4.79 Å². The molecular formula is C22H30N4O2. The lowest BCUT2D eigenvalue weighted by Gasteiger charge is -2.36. The van der Waals surface area contributed by atoms with Crippen molar-refractivity contribution < 1.29 is 9.53 Å². The number of piperidine rings is 1. The van der Waals surface area contributed by atoms with E-state index in [2.05, 4.69) is 36.2 Å². The normalized spacial score (nSPS) is 19.3. The van der Waals surface area contributed by atoms with Gasteiger partial charge in [0.05, 0.1) is 11.1 Å². The second-order valence-corrected chi connectivity index (χ2v) is 8.17. The molecule has 1 aromatic heterocycles. The van der Waals surface area contributed by atoms with Crippen molar-refractivity contribution in [2.75, 3.05) is 31.2 Å². The van der Waals surface area contributed by atoms with E-state index < -0.39 is 5.91 Å². The van der Waals surface area contributed by atoms with Gasteiger partial charge >= 0.3 is 0 Å². The van der Waals surface area contributed by atoms with Gasteiger partial charge in [-0.25, -0.2) is 4.98 Å². The molecule has 0 atom stereocenters. The zero-order chi connectivity index (χ0) is 19.7. The monoisotopic (exact) mass is 382 g/mol. The first kappa shape index (κ1) is 19.2. The molecule has 0 unspecified atom stereocenters. The second kappa shape index (κ2) is 8.05. The Kier molecular flexibility index (Phi) is 5.51. The molecule has 2 aliphatic heterocycles. The van der Waals surface area contributed by atoms with Crippen molar-refractivity contribution in [1.29, 1.82) is 0 Å². The highest BCUT2D eigenvalue weighted by Crippen LogP contribution is 2.28. The number of primary amides is 1. The van der Waals surface area contributed by atoms with Gasteiger partial charge in [0, 0.05) is 43.8 Å². The number of amides is 1. The lowest BCUT2D eigenvalue weighted by Crippen LogP contribution is -2.48. The van der Waals surface area contributed by atoms with Crippen molar-refractivity contribution in [3.05, 3.63) is 34.9 Å². The van der Waals surface area contributed by atoms with Crippen LogP contribution in [0.3, 0.4) is 0 Å². The number of aryl methyl sites for hydroxylation is 2. The Balaban J connectivity index is 1.52. The van der Waals surface area contributed by atoms with Gasteiger partial charge in [-0.2, -0.15) is 0 Å². The third kappa shape index (κ3) is 3.98. The summed E-state index contributed by atoms with van der Waals surface area (Å²) in [5.41, 5.74) is 9.54. The number of nitrogens with one attached hydrogen (secondary N) is 1. The molecule has 2 fully saturated rings. The van der Waals surface area contributed by atoms with Gasteiger partial charge in [-0.1, -0.05) is 0 Å². The molecule has 3 N–H and O–H groups in total. The van der Waals surface area contributed by atoms with Crippen LogP contribution in [0.1, 0.15) is 47.2 Å². The number of anilines is 1. The number of ether oxygens (including phenoxy) is 1. The second-order valence-electron chi connectivity index (χ2n) is 8.17. The number of carbonyl (C=O) groups is 1. The van der Waals surface area contributed by atoms with E-state index in [4.69, 9.17) is 15.5 Å². The van der Waals surface area contributed by atoms with Crippen LogP contribution in [0.5, 0.6) is 0 Å². The average molecular weight is 383 g/mol. The van der Waals surface area contributed by atoms with Crippen LogP contribution in [0.2, 0.25) is 0 Å². The molecule has 0 bridgehead atoms. The summed E-state index contributed by atoms with van der Waals surface area (Å²) in [6, 6.07) is 7.16. The lowest BCUT2D eigenvalue weighted by atomic mass is 10.00. The maximum Gasteiger partial charge on any atom is 0.252 e. The van der Waals surface area contributed by atoms with Crippen molar-refractivity contribution >= 4 is 22.6 Å². The SMILES string of the molecule is Cc1cc2cc(C(N)=O)c(N3CCC(NC4CCOCC4)CC3)nc2cc1C. The van der Waals surface area contributed by atoms with Crippen LogP contribution in [-0.4, -0.2) is 49.3 Å². The molecular weight excluding hydrogens is 352 g/mol. The van der Waals surface area contributed by atoms with E-state index in [0.717, 1.165) is 68.7 Å². The number of benzene rings is 1. The minimum atomic E-state index is -0.412. The van der Waals surface area contributed by atoms with Crippen LogP contribution in [0.4, 0.5) is 5.82 Å². The zero-order valence-corrected chi connectivity index (χ0v) is 16.8. The highest BCUT2D eigenvalue weighted by Gasteiger charge is 2.26. The van der Waals surface area contributed by atoms with E-state index in [1.807, 2.05) is 6.07 Å². The van der Waals surface area contributed by atoms with E-state index in [1.165, 1.54) is 11.1 Å². The number of nitrogens with zero attached hydrogens (tertiary/aromatic N) is 2. The van der Waals surface area contributed by atoms with Crippen LogP contribution in [0.25, 0.3) is 10.9 Å². The Bertz CT molecular complexity index is 868. The van der Waals surface area contributed by atoms with Gasteiger partial charge in [0.25, 0.3) is 5.91 Å². The Labute approximate surface area is 166 Å². The van der Waals surface area contributed by atoms with Crippen LogP contribution in [-0.2, 0) is 4.74 Å². The molecule has 4 rings (SSSR count). The topological polar surface area (TPSA) is 80.5 Å². The highest BCUT2D eigenvalue weighted by atomic mass is 16.5. The number of carbonyl (C=O) groups excluding carboxylic acids is 1. The molecule has 0 radical (unpaired) electrons. The third-order valence-corrected chi connectivity index (χ3v) is 6.16. The third-order valence-electron chi connectivity index (χ3n) is 6.16. The van der Waals surface area contributed by atoms with Crippen LogP contribution in [0.15, 0.2) is 18.2 Å². The minimum absolute atomic E-state index is 0.412. The van der Waals surface area contributed by atoms with Gasteiger partial charge in [-0.05, 0) is 68.9 Å². The fraction of sp³-hybridized carbons (Fsp3) is 0.545. The number of fused-ring (bicyclic) bond motifs is 1. The summed E-state index contributed by atoms with van der Waals surface area (Å²) in [4.78, 5) is 19.2. The largest absolute Gasteiger partial charge is 0.381 e. The summed E-state index contributed by atoms with van der Waals surface area (Å²) < 4.78 is 5.45. The van der Waals surface area contributed by atoms with E-state index in [-0.39, 0.29) is 0 Å². The van der Waals surface area contributed by atoms with Crippen LogP contribution < -0.4 is 16.0 Å². The van der Waals surface area contributed by atoms with Gasteiger partial charge < -0.3 is 20.7 Å². The van der Waals surface area contributed by atoms with Gasteiger partial charge in [0.2, 0.25) is 0 Å². The molecule has 1 amide bonds. The molecule has 28 heavy (non-hydrogen) atoms. The smallest absolute Gasteiger partial charge is 0.252 e. The molecule has 2 aromatic rings. The van der Waals surface area contributed by atoms with Crippen molar-refractivity contribution in [2.24, 2.45) is 5.73 Å². The molecule has 0 spiro atoms. The maximum absolute atomic E-state index is 12.1. The first-order chi connectivity index (χ1) is 13.5. The lowest BCUT2D eigenvalue weighted by molar-refractivity contribution is 0.0738.